The summed E-state index contributed by atoms with van der Waals surface area (Å²) in [6.45, 7) is 4.16. The number of fused-ring (bicyclic) bond motifs is 3. The van der Waals surface area contributed by atoms with E-state index in [1.165, 1.54) is 22.2 Å². The van der Waals surface area contributed by atoms with Crippen LogP contribution in [0, 0.1) is 18.4 Å². The van der Waals surface area contributed by atoms with Crippen LogP contribution in [-0.4, -0.2) is 33.8 Å². The summed E-state index contributed by atoms with van der Waals surface area (Å²) in [4.78, 5) is 1.80. The highest BCUT2D eigenvalue weighted by atomic mass is 16.5. The first-order valence-electron chi connectivity index (χ1n) is 9.27. The second-order valence-corrected chi connectivity index (χ2v) is 7.11. The van der Waals surface area contributed by atoms with E-state index in [4.69, 9.17) is 4.74 Å². The summed E-state index contributed by atoms with van der Waals surface area (Å²) in [5.41, 5.74) is 4.74. The summed E-state index contributed by atoms with van der Waals surface area (Å²) in [6.07, 6.45) is 2.46. The molecule has 138 valence electrons. The van der Waals surface area contributed by atoms with Crippen LogP contribution in [0.5, 0.6) is 5.75 Å². The van der Waals surface area contributed by atoms with Crippen LogP contribution in [0.25, 0.3) is 10.9 Å². The van der Waals surface area contributed by atoms with Crippen LogP contribution < -0.4 is 4.74 Å². The van der Waals surface area contributed by atoms with E-state index in [1.807, 2.05) is 30.3 Å². The lowest BCUT2D eigenvalue weighted by atomic mass is 10.0. The van der Waals surface area contributed by atoms with Crippen molar-refractivity contribution in [2.45, 2.75) is 32.5 Å². The molecular formula is C22H23N3O2. The quantitative estimate of drug-likeness (QED) is 0.709. The largest absolute Gasteiger partial charge is 0.491 e. The van der Waals surface area contributed by atoms with Gasteiger partial charge in [-0.3, -0.25) is 0 Å². The lowest BCUT2D eigenvalue weighted by Gasteiger charge is -2.24. The number of aliphatic hydroxyl groups is 1. The molecule has 0 spiro atoms. The smallest absolute Gasteiger partial charge is 0.179 e. The number of nitrogens with zero attached hydrogens (tertiary/aromatic N) is 3. The minimum absolute atomic E-state index is 0.245. The van der Waals surface area contributed by atoms with E-state index >= 15 is 0 Å². The van der Waals surface area contributed by atoms with Crippen LogP contribution in [0.2, 0.25) is 0 Å². The fraction of sp³-hybridized carbons (Fsp3) is 0.318. The zero-order valence-electron chi connectivity index (χ0n) is 15.4. The van der Waals surface area contributed by atoms with Gasteiger partial charge in [0.1, 0.15) is 18.5 Å². The third-order valence-corrected chi connectivity index (χ3v) is 5.13. The number of hydrogen-bond acceptors (Lipinski definition) is 4. The molecule has 0 fully saturated rings. The van der Waals surface area contributed by atoms with Crippen molar-refractivity contribution in [1.29, 1.82) is 5.26 Å². The molecule has 5 heteroatoms. The Balaban J connectivity index is 1.61. The molecule has 0 bridgehead atoms. The summed E-state index contributed by atoms with van der Waals surface area (Å²) >= 11 is 0. The van der Waals surface area contributed by atoms with Gasteiger partial charge in [-0.25, -0.2) is 0 Å². The predicted molar refractivity (Wildman–Crippen MR) is 104 cm³/mol. The average molecular weight is 361 g/mol. The first-order chi connectivity index (χ1) is 13.2. The number of aromatic nitrogens is 1. The van der Waals surface area contributed by atoms with E-state index in [0.717, 1.165) is 24.2 Å². The van der Waals surface area contributed by atoms with Crippen LogP contribution in [0.3, 0.4) is 0 Å². The SMILES string of the molecule is Cc1ccc2c(c1)c1c(n2CC(O)COc2ccccc2)CCN(C#N)C1. The molecule has 27 heavy (non-hydrogen) atoms. The van der Waals surface area contributed by atoms with E-state index in [2.05, 4.69) is 35.9 Å². The van der Waals surface area contributed by atoms with Gasteiger partial charge in [0.25, 0.3) is 0 Å². The molecule has 1 unspecified atom stereocenters. The van der Waals surface area contributed by atoms with Crippen molar-refractivity contribution in [3.05, 3.63) is 65.4 Å². The van der Waals surface area contributed by atoms with E-state index in [0.29, 0.717) is 13.1 Å². The first kappa shape index (κ1) is 17.4. The molecule has 1 N–H and O–H groups in total. The van der Waals surface area contributed by atoms with Gasteiger partial charge in [0.05, 0.1) is 13.1 Å². The monoisotopic (exact) mass is 361 g/mol. The fourth-order valence-corrected chi connectivity index (χ4v) is 3.83. The molecule has 0 saturated carbocycles. The van der Waals surface area contributed by atoms with Gasteiger partial charge in [-0.2, -0.15) is 5.26 Å². The van der Waals surface area contributed by atoms with Gasteiger partial charge in [-0.15, -0.1) is 0 Å². The fourth-order valence-electron chi connectivity index (χ4n) is 3.83. The maximum absolute atomic E-state index is 10.6. The molecule has 0 radical (unpaired) electrons. The highest BCUT2D eigenvalue weighted by molar-refractivity contribution is 5.86. The van der Waals surface area contributed by atoms with Crippen molar-refractivity contribution in [2.24, 2.45) is 0 Å². The predicted octanol–water partition coefficient (Wildman–Crippen LogP) is 3.23. The van der Waals surface area contributed by atoms with Crippen LogP contribution >= 0.6 is 0 Å². The zero-order valence-corrected chi connectivity index (χ0v) is 15.4. The summed E-state index contributed by atoms with van der Waals surface area (Å²) in [6, 6.07) is 15.9. The standard InChI is InChI=1S/C22H23N3O2/c1-16-7-8-21-19(11-16)20-13-24(15-23)10-9-22(20)25(21)12-17(26)14-27-18-5-3-2-4-6-18/h2-8,11,17,26H,9-10,12-14H2,1H3. The second-order valence-electron chi connectivity index (χ2n) is 7.11. The maximum atomic E-state index is 10.6. The summed E-state index contributed by atoms with van der Waals surface area (Å²) in [5.74, 6) is 0.760. The number of ether oxygens (including phenoxy) is 1. The van der Waals surface area contributed by atoms with Gasteiger partial charge >= 0.3 is 0 Å². The van der Waals surface area contributed by atoms with Crippen molar-refractivity contribution in [3.63, 3.8) is 0 Å². The maximum Gasteiger partial charge on any atom is 0.179 e. The van der Waals surface area contributed by atoms with E-state index in [1.54, 1.807) is 4.90 Å². The van der Waals surface area contributed by atoms with E-state index in [9.17, 15) is 10.4 Å². The number of para-hydroxylation sites is 1. The van der Waals surface area contributed by atoms with Gasteiger partial charge < -0.3 is 19.3 Å². The lowest BCUT2D eigenvalue weighted by Crippen LogP contribution is -2.29. The number of rotatable bonds is 5. The number of nitriles is 1. The minimum atomic E-state index is -0.611. The Morgan fingerprint density at radius 3 is 2.81 bits per heavy atom. The third kappa shape index (κ3) is 3.49. The normalized spacial score (nSPS) is 14.6. The van der Waals surface area contributed by atoms with Crippen molar-refractivity contribution in [1.82, 2.24) is 9.47 Å². The Bertz CT molecular complexity index is 988. The van der Waals surface area contributed by atoms with Gasteiger partial charge in [-0.05, 0) is 31.2 Å². The van der Waals surface area contributed by atoms with Crippen LogP contribution in [0.1, 0.15) is 16.8 Å². The van der Waals surface area contributed by atoms with Crippen molar-refractivity contribution >= 4 is 10.9 Å². The Morgan fingerprint density at radius 1 is 1.22 bits per heavy atom. The number of aliphatic hydroxyl groups excluding tert-OH is 1. The van der Waals surface area contributed by atoms with Crippen LogP contribution in [0.15, 0.2) is 48.5 Å². The van der Waals surface area contributed by atoms with Gasteiger partial charge in [0.15, 0.2) is 6.19 Å². The highest BCUT2D eigenvalue weighted by Gasteiger charge is 2.24. The molecule has 2 aromatic carbocycles. The van der Waals surface area contributed by atoms with Gasteiger partial charge in [0.2, 0.25) is 0 Å². The average Bonchev–Trinajstić information content (AvgIpc) is 2.99. The molecule has 1 atom stereocenters. The Morgan fingerprint density at radius 2 is 2.04 bits per heavy atom. The number of aryl methyl sites for hydroxylation is 1. The van der Waals surface area contributed by atoms with Crippen LogP contribution in [-0.2, 0) is 19.5 Å². The molecular weight excluding hydrogens is 338 g/mol. The van der Waals surface area contributed by atoms with E-state index in [-0.39, 0.29) is 6.61 Å². The van der Waals surface area contributed by atoms with Crippen molar-refractivity contribution < 1.29 is 9.84 Å². The van der Waals surface area contributed by atoms with Crippen LogP contribution in [0.4, 0.5) is 0 Å². The Kier molecular flexibility index (Phi) is 4.74. The topological polar surface area (TPSA) is 61.4 Å². The lowest BCUT2D eigenvalue weighted by molar-refractivity contribution is 0.0926. The molecule has 0 aliphatic carbocycles. The number of benzene rings is 2. The first-order valence-corrected chi connectivity index (χ1v) is 9.27. The Labute approximate surface area is 159 Å². The molecule has 3 aromatic rings. The Hall–Kier alpha value is -2.97. The third-order valence-electron chi connectivity index (χ3n) is 5.13. The molecule has 1 aliphatic rings. The second kappa shape index (κ2) is 7.34. The molecule has 4 rings (SSSR count). The van der Waals surface area contributed by atoms with Gasteiger partial charge in [0, 0.05) is 35.1 Å². The molecule has 2 heterocycles. The summed E-state index contributed by atoms with van der Waals surface area (Å²) in [5, 5.41) is 21.1. The highest BCUT2D eigenvalue weighted by Crippen LogP contribution is 2.31. The number of hydrogen-bond donors (Lipinski definition) is 1. The van der Waals surface area contributed by atoms with Crippen molar-refractivity contribution in [2.75, 3.05) is 13.2 Å². The molecule has 1 aliphatic heterocycles. The summed E-state index contributed by atoms with van der Waals surface area (Å²) < 4.78 is 7.92. The van der Waals surface area contributed by atoms with E-state index < -0.39 is 6.10 Å². The zero-order chi connectivity index (χ0) is 18.8. The summed E-state index contributed by atoms with van der Waals surface area (Å²) in [7, 11) is 0. The molecule has 1 aromatic heterocycles. The minimum Gasteiger partial charge on any atom is -0.491 e. The molecule has 0 saturated heterocycles. The van der Waals surface area contributed by atoms with Gasteiger partial charge in [-0.1, -0.05) is 29.8 Å². The molecule has 0 amide bonds. The molecule has 5 nitrogen and oxygen atoms in total. The van der Waals surface area contributed by atoms with Crippen molar-refractivity contribution in [3.8, 4) is 11.9 Å².